The third kappa shape index (κ3) is 3.99. The van der Waals surface area contributed by atoms with E-state index in [9.17, 15) is 19.4 Å². The summed E-state index contributed by atoms with van der Waals surface area (Å²) in [5.74, 6) is 0. The standard InChI is InChI=1S/C12H19F5O3SSi/c1-5-12(22(18-2,19-3)20-4)10-7-6-8-11(9-10)21(13,14,15,16)17/h6-9,12H,5H2,1-4H3. The van der Waals surface area contributed by atoms with Gasteiger partial charge in [-0.3, -0.25) is 0 Å². The van der Waals surface area contributed by atoms with Crippen molar-refractivity contribution in [3.8, 4) is 0 Å². The molecule has 0 aliphatic carbocycles. The summed E-state index contributed by atoms with van der Waals surface area (Å²) in [6.45, 7) is 1.69. The fourth-order valence-corrected chi connectivity index (χ4v) is 5.47. The van der Waals surface area contributed by atoms with Gasteiger partial charge in [-0.25, -0.2) is 0 Å². The Hall–Kier alpha value is -0.683. The maximum absolute atomic E-state index is 13.0. The van der Waals surface area contributed by atoms with Crippen LogP contribution in [0.4, 0.5) is 19.4 Å². The number of hydrogen-bond acceptors (Lipinski definition) is 3. The Balaban J connectivity index is 3.45. The number of rotatable bonds is 7. The van der Waals surface area contributed by atoms with Crippen LogP contribution in [0.25, 0.3) is 0 Å². The highest BCUT2D eigenvalue weighted by atomic mass is 32.5. The summed E-state index contributed by atoms with van der Waals surface area (Å²) in [7, 11) is -9.10. The molecule has 1 unspecified atom stereocenters. The molecule has 0 aliphatic heterocycles. The van der Waals surface area contributed by atoms with Crippen molar-refractivity contribution < 1.29 is 32.7 Å². The second-order valence-electron chi connectivity index (χ2n) is 4.72. The smallest absolute Gasteiger partial charge is 0.376 e. The molecule has 0 aromatic heterocycles. The monoisotopic (exact) mass is 366 g/mol. The van der Waals surface area contributed by atoms with Gasteiger partial charge in [0.25, 0.3) is 0 Å². The average molecular weight is 366 g/mol. The minimum Gasteiger partial charge on any atom is -0.376 e. The molecule has 0 saturated heterocycles. The SMILES string of the molecule is CCC(c1cccc(S(F)(F)(F)(F)F)c1)[Si](OC)(OC)OC. The highest BCUT2D eigenvalue weighted by molar-refractivity contribution is 8.45. The minimum atomic E-state index is -9.73. The van der Waals surface area contributed by atoms with Crippen molar-refractivity contribution >= 4 is 19.0 Å². The first-order valence-electron chi connectivity index (χ1n) is 6.33. The van der Waals surface area contributed by atoms with Gasteiger partial charge >= 0.3 is 19.0 Å². The molecule has 130 valence electrons. The van der Waals surface area contributed by atoms with Crippen molar-refractivity contribution in [3.05, 3.63) is 29.8 Å². The number of halogens is 5. The van der Waals surface area contributed by atoms with E-state index in [-0.39, 0.29) is 5.56 Å². The van der Waals surface area contributed by atoms with E-state index >= 15 is 0 Å². The zero-order chi connectivity index (χ0) is 17.3. The van der Waals surface area contributed by atoms with Crippen LogP contribution < -0.4 is 0 Å². The van der Waals surface area contributed by atoms with Crippen molar-refractivity contribution in [1.29, 1.82) is 0 Å². The van der Waals surface area contributed by atoms with Gasteiger partial charge in [0.2, 0.25) is 0 Å². The van der Waals surface area contributed by atoms with E-state index in [1.165, 1.54) is 27.4 Å². The zero-order valence-corrected chi connectivity index (χ0v) is 14.4. The summed E-state index contributed by atoms with van der Waals surface area (Å²) >= 11 is 0. The van der Waals surface area contributed by atoms with E-state index in [2.05, 4.69) is 0 Å². The Labute approximate surface area is 127 Å². The van der Waals surface area contributed by atoms with Crippen LogP contribution >= 0.6 is 10.2 Å². The van der Waals surface area contributed by atoms with E-state index in [1.54, 1.807) is 6.92 Å². The third-order valence-electron chi connectivity index (χ3n) is 3.39. The Bertz CT molecular complexity index is 524. The maximum atomic E-state index is 13.0. The van der Waals surface area contributed by atoms with Gasteiger partial charge in [0.05, 0.1) is 5.54 Å². The molecule has 10 heteroatoms. The largest absolute Gasteiger partial charge is 0.508 e. The molecule has 0 N–H and O–H groups in total. The zero-order valence-electron chi connectivity index (χ0n) is 12.6. The van der Waals surface area contributed by atoms with E-state index in [4.69, 9.17) is 13.3 Å². The fraction of sp³-hybridized carbons (Fsp3) is 0.500. The molecule has 0 aliphatic rings. The summed E-state index contributed by atoms with van der Waals surface area (Å²) in [4.78, 5) is -1.93. The predicted molar refractivity (Wildman–Crippen MR) is 77.7 cm³/mol. The normalized spacial score (nSPS) is 17.7. The summed E-state index contributed by atoms with van der Waals surface area (Å²) in [5.41, 5.74) is -0.641. The second kappa shape index (κ2) is 5.44. The van der Waals surface area contributed by atoms with Crippen LogP contribution in [0.2, 0.25) is 0 Å². The van der Waals surface area contributed by atoms with Crippen LogP contribution in [0, 0.1) is 0 Å². The highest BCUT2D eigenvalue weighted by Crippen LogP contribution is 3.02. The van der Waals surface area contributed by atoms with E-state index in [0.717, 1.165) is 6.07 Å². The minimum absolute atomic E-state index is 0.0467. The first kappa shape index (κ1) is 19.4. The van der Waals surface area contributed by atoms with E-state index in [0.29, 0.717) is 18.6 Å². The van der Waals surface area contributed by atoms with Crippen LogP contribution in [0.5, 0.6) is 0 Å². The number of hydrogen-bond donors (Lipinski definition) is 0. The molecule has 1 rings (SSSR count). The third-order valence-corrected chi connectivity index (χ3v) is 7.84. The van der Waals surface area contributed by atoms with Crippen molar-refractivity contribution in [2.45, 2.75) is 23.8 Å². The van der Waals surface area contributed by atoms with Gasteiger partial charge in [-0.1, -0.05) is 38.5 Å². The van der Waals surface area contributed by atoms with Gasteiger partial charge in [0, 0.05) is 21.3 Å². The Morgan fingerprint density at radius 1 is 1.00 bits per heavy atom. The molecule has 0 radical (unpaired) electrons. The maximum Gasteiger partial charge on any atom is 0.508 e. The van der Waals surface area contributed by atoms with Gasteiger partial charge in [0.15, 0.2) is 0 Å². The molecule has 0 fully saturated rings. The molecule has 0 saturated carbocycles. The van der Waals surface area contributed by atoms with E-state index < -0.39 is 29.5 Å². The van der Waals surface area contributed by atoms with Crippen molar-refractivity contribution in [2.24, 2.45) is 0 Å². The lowest BCUT2D eigenvalue weighted by atomic mass is 10.1. The molecule has 0 amide bonds. The van der Waals surface area contributed by atoms with E-state index in [1.807, 2.05) is 0 Å². The molecule has 0 heterocycles. The quantitative estimate of drug-likeness (QED) is 0.487. The Morgan fingerprint density at radius 2 is 1.50 bits per heavy atom. The Kier molecular flexibility index (Phi) is 4.79. The van der Waals surface area contributed by atoms with Crippen LogP contribution in [0.3, 0.4) is 0 Å². The average Bonchev–Trinajstić information content (AvgIpc) is 2.43. The van der Waals surface area contributed by atoms with Crippen LogP contribution in [0.15, 0.2) is 29.2 Å². The van der Waals surface area contributed by atoms with Crippen molar-refractivity contribution in [3.63, 3.8) is 0 Å². The highest BCUT2D eigenvalue weighted by Gasteiger charge is 2.65. The molecular weight excluding hydrogens is 347 g/mol. The summed E-state index contributed by atoms with van der Waals surface area (Å²) in [5, 5.41) is 0. The second-order valence-corrected chi connectivity index (χ2v) is 10.3. The van der Waals surface area contributed by atoms with Crippen LogP contribution in [-0.4, -0.2) is 30.1 Å². The van der Waals surface area contributed by atoms with Gasteiger partial charge in [-0.15, -0.1) is 0 Å². The summed E-state index contributed by atoms with van der Waals surface area (Å²) < 4.78 is 80.5. The summed E-state index contributed by atoms with van der Waals surface area (Å²) in [6.07, 6.45) is 0.311. The predicted octanol–water partition coefficient (Wildman–Crippen LogP) is 5.25. The first-order chi connectivity index (χ1) is 9.83. The first-order valence-corrected chi connectivity index (χ1v) is 10.1. The van der Waals surface area contributed by atoms with Crippen molar-refractivity contribution in [2.75, 3.05) is 21.3 Å². The molecule has 0 spiro atoms. The molecule has 22 heavy (non-hydrogen) atoms. The topological polar surface area (TPSA) is 27.7 Å². The molecule has 1 aromatic rings. The molecular formula is C12H19F5O3SSi. The lowest BCUT2D eigenvalue weighted by Crippen LogP contribution is -2.49. The molecule has 1 atom stereocenters. The van der Waals surface area contributed by atoms with Gasteiger partial charge < -0.3 is 13.3 Å². The fourth-order valence-electron chi connectivity index (χ4n) is 2.34. The number of benzene rings is 1. The van der Waals surface area contributed by atoms with Gasteiger partial charge in [0.1, 0.15) is 4.90 Å². The van der Waals surface area contributed by atoms with Crippen LogP contribution in [0.1, 0.15) is 24.4 Å². The van der Waals surface area contributed by atoms with Crippen LogP contribution in [-0.2, 0) is 13.3 Å². The molecule has 1 aromatic carbocycles. The van der Waals surface area contributed by atoms with Gasteiger partial charge in [-0.05, 0) is 24.1 Å². The summed E-state index contributed by atoms with van der Waals surface area (Å²) in [6, 6.07) is 3.10. The Morgan fingerprint density at radius 3 is 1.86 bits per heavy atom. The lowest BCUT2D eigenvalue weighted by molar-refractivity contribution is 0.111. The van der Waals surface area contributed by atoms with Crippen molar-refractivity contribution in [1.82, 2.24) is 0 Å². The molecule has 0 bridgehead atoms. The van der Waals surface area contributed by atoms with Gasteiger partial charge in [-0.2, -0.15) is 0 Å². The molecule has 3 nitrogen and oxygen atoms in total. The lowest BCUT2D eigenvalue weighted by Gasteiger charge is -2.41.